The van der Waals surface area contributed by atoms with E-state index in [0.29, 0.717) is 11.1 Å². The maximum Gasteiger partial charge on any atom is 0.337 e. The van der Waals surface area contributed by atoms with Gasteiger partial charge in [0.15, 0.2) is 0 Å². The van der Waals surface area contributed by atoms with Gasteiger partial charge in [-0.25, -0.2) is 9.59 Å². The van der Waals surface area contributed by atoms with Gasteiger partial charge in [-0.3, -0.25) is 9.80 Å². The summed E-state index contributed by atoms with van der Waals surface area (Å²) in [5.41, 5.74) is 10.9. The van der Waals surface area contributed by atoms with E-state index in [2.05, 4.69) is 98.1 Å². The van der Waals surface area contributed by atoms with E-state index in [1.54, 1.807) is 12.1 Å². The number of hydrogen-bond acceptors (Lipinski definition) is 7. The number of carbonyl (C=O) groups excluding carboxylic acids is 1. The summed E-state index contributed by atoms with van der Waals surface area (Å²) in [6.45, 7) is 15.4. The van der Waals surface area contributed by atoms with Gasteiger partial charge in [0.2, 0.25) is 0 Å². The third-order valence-electron chi connectivity index (χ3n) is 12.0. The Labute approximate surface area is 348 Å². The fourth-order valence-electron chi connectivity index (χ4n) is 8.56. The number of piperazine rings is 2. The molecule has 2 aromatic heterocycles. The molecule has 0 bridgehead atoms. The number of aromatic nitrogens is 2. The summed E-state index contributed by atoms with van der Waals surface area (Å²) in [6, 6.07) is 28.6. The Balaban J connectivity index is 0.000000179. The lowest BCUT2D eigenvalue weighted by Gasteiger charge is -2.36. The van der Waals surface area contributed by atoms with E-state index >= 15 is 0 Å². The number of aromatic amines is 2. The summed E-state index contributed by atoms with van der Waals surface area (Å²) in [5, 5.41) is 11.4. The molecular weight excluding hydrogens is 737 g/mol. The van der Waals surface area contributed by atoms with Crippen LogP contribution in [0.2, 0.25) is 0 Å². The van der Waals surface area contributed by atoms with Crippen molar-refractivity contribution in [3.63, 3.8) is 0 Å². The fraction of sp³-hybridized carbons (Fsp3) is 0.388. The number of benzene rings is 4. The molecule has 4 heterocycles. The average molecular weight is 797 g/mol. The molecule has 2 aliphatic heterocycles. The predicted molar refractivity (Wildman–Crippen MR) is 240 cm³/mol. The number of H-pyrrole nitrogens is 2. The van der Waals surface area contributed by atoms with Crippen molar-refractivity contribution < 1.29 is 19.4 Å². The van der Waals surface area contributed by atoms with Crippen LogP contribution < -0.4 is 9.80 Å². The number of aromatic carboxylic acids is 1. The van der Waals surface area contributed by atoms with Gasteiger partial charge < -0.3 is 29.6 Å². The van der Waals surface area contributed by atoms with Crippen molar-refractivity contribution in [1.82, 2.24) is 19.8 Å². The number of fused-ring (bicyclic) bond motifs is 2. The summed E-state index contributed by atoms with van der Waals surface area (Å²) >= 11 is 0. The van der Waals surface area contributed by atoms with Crippen molar-refractivity contribution >= 4 is 45.1 Å². The fourth-order valence-corrected chi connectivity index (χ4v) is 8.56. The second-order valence-corrected chi connectivity index (χ2v) is 16.2. The van der Waals surface area contributed by atoms with Crippen molar-refractivity contribution in [2.24, 2.45) is 0 Å². The van der Waals surface area contributed by atoms with Gasteiger partial charge in [-0.1, -0.05) is 24.3 Å². The molecule has 0 spiro atoms. The van der Waals surface area contributed by atoms with Gasteiger partial charge in [0.25, 0.3) is 0 Å². The lowest BCUT2D eigenvalue weighted by Crippen LogP contribution is -2.46. The minimum absolute atomic E-state index is 0.283. The maximum absolute atomic E-state index is 11.8. The molecule has 10 nitrogen and oxygen atoms in total. The first-order valence-corrected chi connectivity index (χ1v) is 21.3. The molecule has 2 fully saturated rings. The molecule has 0 amide bonds. The quantitative estimate of drug-likeness (QED) is 0.0743. The van der Waals surface area contributed by atoms with E-state index < -0.39 is 5.97 Å². The summed E-state index contributed by atoms with van der Waals surface area (Å²) in [4.78, 5) is 39.7. The Kier molecular flexibility index (Phi) is 14.0. The number of ether oxygens (including phenoxy) is 1. The van der Waals surface area contributed by atoms with Crippen molar-refractivity contribution in [2.75, 3.05) is 82.4 Å². The van der Waals surface area contributed by atoms with Crippen LogP contribution in [-0.2, 0) is 17.6 Å². The number of hydrogen-bond donors (Lipinski definition) is 3. The first kappa shape index (κ1) is 41.6. The summed E-state index contributed by atoms with van der Waals surface area (Å²) < 4.78 is 4.85. The summed E-state index contributed by atoms with van der Waals surface area (Å²) in [5.74, 6) is -1.15. The van der Waals surface area contributed by atoms with Crippen molar-refractivity contribution in [3.05, 3.63) is 131 Å². The van der Waals surface area contributed by atoms with E-state index in [4.69, 9.17) is 4.74 Å². The smallest absolute Gasteiger partial charge is 0.337 e. The summed E-state index contributed by atoms with van der Waals surface area (Å²) in [6.07, 6.45) is 10.7. The Morgan fingerprint density at radius 1 is 0.593 bits per heavy atom. The lowest BCUT2D eigenvalue weighted by molar-refractivity contribution is 0.0600. The van der Waals surface area contributed by atoms with E-state index in [1.807, 2.05) is 30.5 Å². The molecule has 6 aromatic rings. The number of methoxy groups -OCH3 is 1. The third kappa shape index (κ3) is 10.9. The molecule has 2 saturated heterocycles. The maximum atomic E-state index is 11.8. The van der Waals surface area contributed by atoms with E-state index in [9.17, 15) is 14.7 Å². The zero-order valence-corrected chi connectivity index (χ0v) is 35.0. The Morgan fingerprint density at radius 2 is 1.05 bits per heavy atom. The predicted octanol–water partition coefficient (Wildman–Crippen LogP) is 8.73. The zero-order chi connectivity index (χ0) is 41.1. The molecule has 0 aliphatic carbocycles. The average Bonchev–Trinajstić information content (AvgIpc) is 3.87. The van der Waals surface area contributed by atoms with Gasteiger partial charge in [-0.2, -0.15) is 0 Å². The van der Waals surface area contributed by atoms with Crippen LogP contribution in [0.25, 0.3) is 21.8 Å². The second kappa shape index (κ2) is 19.9. The highest BCUT2D eigenvalue weighted by atomic mass is 16.5. The standard InChI is InChI=1S/C25H31N3O2.C24H29N3O2/c1-19-6-5-8-22(16-19)28-14-12-27(13-15-28)11-4-3-7-21-18-26-24-10-9-20(17-23(21)24)25(29)30-2;1-18-5-4-7-21(15-18)27-13-11-26(12-14-27)10-3-2-6-20-17-25-23-9-8-19(24(28)29)16-22(20)23/h5-6,8-10,16-18,26H,3-4,7,11-15H2,1-2H3;4-5,7-9,15-17,25H,2-3,6,10-14H2,1H3,(H,28,29). The number of unbranched alkanes of at least 4 members (excludes halogenated alkanes) is 2. The Bertz CT molecular complexity index is 2310. The van der Waals surface area contributed by atoms with Crippen LogP contribution in [0.5, 0.6) is 0 Å². The third-order valence-corrected chi connectivity index (χ3v) is 12.0. The number of esters is 1. The van der Waals surface area contributed by atoms with E-state index in [0.717, 1.165) is 119 Å². The molecule has 310 valence electrons. The van der Waals surface area contributed by atoms with Crippen LogP contribution in [0.4, 0.5) is 11.4 Å². The van der Waals surface area contributed by atoms with Crippen LogP contribution in [-0.4, -0.2) is 109 Å². The molecule has 3 N–H and O–H groups in total. The molecule has 0 atom stereocenters. The zero-order valence-electron chi connectivity index (χ0n) is 35.0. The Hall–Kier alpha value is -5.58. The van der Waals surface area contributed by atoms with Crippen LogP contribution in [0.1, 0.15) is 68.7 Å². The monoisotopic (exact) mass is 796 g/mol. The van der Waals surface area contributed by atoms with Crippen LogP contribution in [0.15, 0.2) is 97.3 Å². The van der Waals surface area contributed by atoms with Gasteiger partial charge in [0.1, 0.15) is 0 Å². The molecular formula is C49H60N6O4. The van der Waals surface area contributed by atoms with Gasteiger partial charge in [-0.05, 0) is 148 Å². The largest absolute Gasteiger partial charge is 0.478 e. The van der Waals surface area contributed by atoms with E-state index in [-0.39, 0.29) is 5.97 Å². The van der Waals surface area contributed by atoms with Gasteiger partial charge in [0.05, 0.1) is 18.2 Å². The molecule has 10 heteroatoms. The number of carbonyl (C=O) groups is 2. The van der Waals surface area contributed by atoms with Crippen molar-refractivity contribution in [1.29, 1.82) is 0 Å². The SMILES string of the molecule is COC(=O)c1ccc2[nH]cc(CCCCN3CCN(c4cccc(C)c4)CC3)c2c1.Cc1cccc(N2CCN(CCCCc3c[nH]c4ccc(C(=O)O)cc34)CC2)c1. The molecule has 0 unspecified atom stereocenters. The van der Waals surface area contributed by atoms with Gasteiger partial charge >= 0.3 is 11.9 Å². The van der Waals surface area contributed by atoms with Crippen molar-refractivity contribution in [3.8, 4) is 0 Å². The van der Waals surface area contributed by atoms with Gasteiger partial charge in [-0.15, -0.1) is 0 Å². The van der Waals surface area contributed by atoms with Gasteiger partial charge in [0, 0.05) is 97.9 Å². The normalized spacial score (nSPS) is 15.0. The highest BCUT2D eigenvalue weighted by Crippen LogP contribution is 2.25. The topological polar surface area (TPSA) is 108 Å². The highest BCUT2D eigenvalue weighted by Gasteiger charge is 2.19. The first-order valence-electron chi connectivity index (χ1n) is 21.3. The molecule has 0 radical (unpaired) electrons. The minimum Gasteiger partial charge on any atom is -0.478 e. The second-order valence-electron chi connectivity index (χ2n) is 16.2. The minimum atomic E-state index is -0.871. The number of carboxylic acids is 1. The lowest BCUT2D eigenvalue weighted by atomic mass is 10.0. The number of aryl methyl sites for hydroxylation is 4. The van der Waals surface area contributed by atoms with Crippen molar-refractivity contribution in [2.45, 2.75) is 52.4 Å². The highest BCUT2D eigenvalue weighted by molar-refractivity contribution is 5.96. The molecule has 0 saturated carbocycles. The summed E-state index contributed by atoms with van der Waals surface area (Å²) in [7, 11) is 1.42. The molecule has 4 aromatic carbocycles. The van der Waals surface area contributed by atoms with Crippen LogP contribution in [0.3, 0.4) is 0 Å². The number of carboxylic acid groups (broad SMARTS) is 1. The van der Waals surface area contributed by atoms with Crippen LogP contribution in [0, 0.1) is 13.8 Å². The first-order chi connectivity index (χ1) is 28.7. The van der Waals surface area contributed by atoms with Crippen LogP contribution >= 0.6 is 0 Å². The molecule has 59 heavy (non-hydrogen) atoms. The number of nitrogens with zero attached hydrogens (tertiary/aromatic N) is 4. The number of anilines is 2. The molecule has 8 rings (SSSR count). The number of nitrogens with one attached hydrogen (secondary N) is 2. The Morgan fingerprint density at radius 3 is 1.49 bits per heavy atom. The van der Waals surface area contributed by atoms with E-state index in [1.165, 1.54) is 47.2 Å². The number of rotatable bonds is 14. The molecule has 2 aliphatic rings.